The minimum Gasteiger partial charge on any atom is -0.508 e. The second kappa shape index (κ2) is 47.6. The van der Waals surface area contributed by atoms with E-state index in [4.69, 9.17) is 57.3 Å². The number of nitrogens with zero attached hydrogens (tertiary/aromatic N) is 2. The number of guanidine groups is 2. The first-order valence-corrected chi connectivity index (χ1v) is 33.2. The number of carbonyl (C=O) groups excluding carboxylic acids is 13. The van der Waals surface area contributed by atoms with Crippen molar-refractivity contribution in [1.82, 2.24) is 58.5 Å². The summed E-state index contributed by atoms with van der Waals surface area (Å²) >= 11 is 8.33. The number of aliphatic hydroxyl groups is 1. The Balaban J connectivity index is 3.43. The molecule has 42 heteroatoms. The number of phenols is 1. The van der Waals surface area contributed by atoms with Crippen LogP contribution in [0.25, 0.3) is 0 Å². The molecule has 0 aliphatic carbocycles. The van der Waals surface area contributed by atoms with Gasteiger partial charge in [0.05, 0.1) is 18.6 Å². The zero-order valence-corrected chi connectivity index (χ0v) is 57.6. The molecule has 0 fully saturated rings. The second-order valence-electron chi connectivity index (χ2n) is 23.0. The van der Waals surface area contributed by atoms with Gasteiger partial charge in [-0.1, -0.05) is 31.9 Å². The van der Waals surface area contributed by atoms with Gasteiger partial charge in [-0.3, -0.25) is 72.3 Å². The Morgan fingerprint density at radius 2 is 0.770 bits per heavy atom. The van der Waals surface area contributed by atoms with Crippen molar-refractivity contribution in [2.75, 3.05) is 44.2 Å². The number of phenolic OH excluding ortho intramolecular Hbond substituents is 1. The van der Waals surface area contributed by atoms with E-state index in [9.17, 15) is 82.4 Å². The molecular weight excluding hydrogens is 1350 g/mol. The van der Waals surface area contributed by atoms with E-state index in [1.807, 2.05) is 6.92 Å². The van der Waals surface area contributed by atoms with Crippen LogP contribution in [0.5, 0.6) is 5.75 Å². The van der Waals surface area contributed by atoms with Gasteiger partial charge in [-0.05, 0) is 108 Å². The van der Waals surface area contributed by atoms with Crippen molar-refractivity contribution < 1.29 is 82.4 Å². The predicted molar refractivity (Wildman–Crippen MR) is 371 cm³/mol. The van der Waals surface area contributed by atoms with E-state index in [-0.39, 0.29) is 114 Å². The molecule has 34 N–H and O–H groups in total. The summed E-state index contributed by atoms with van der Waals surface area (Å²) in [7, 11) is 0. The van der Waals surface area contributed by atoms with E-state index in [1.54, 1.807) is 0 Å². The molecule has 0 aliphatic heterocycles. The van der Waals surface area contributed by atoms with Crippen LogP contribution in [-0.4, -0.2) is 233 Å². The molecule has 0 saturated carbocycles. The number of nitrogens with two attached hydrogens (primary N) is 10. The first kappa shape index (κ1) is 88.7. The molecule has 0 spiro atoms. The SMILES string of the molecule is CCCC[C@H](NC(=O)[C@H](CCCN=C(N)N)NC(=O)[C@H](CCC(N)=O)NC(=O)[C@H](CS)NC(=O)[C@H](CCN)NC(=O)[C@@H](CCN)NC(=O)[C@@H](NC(=O)[C@H](CCN)NC(=O)[C@H](CCCN=C(N)N)NC(=O)[C@H](CC(N)=O)NC(=O)[C@H](CS)NC(=O)[C@@H](N)Cc1ccc(O)cc1)[C@@H](C)O)C(=O)O. The summed E-state index contributed by atoms with van der Waals surface area (Å²) in [4.78, 5) is 196. The normalized spacial score (nSPS) is 14.8. The van der Waals surface area contributed by atoms with Crippen LogP contribution in [0.2, 0.25) is 0 Å². The number of carboxylic acid groups (broad SMARTS) is 1. The minimum absolute atomic E-state index is 0.00143. The van der Waals surface area contributed by atoms with Gasteiger partial charge in [0.25, 0.3) is 0 Å². The first-order chi connectivity index (χ1) is 47.2. The van der Waals surface area contributed by atoms with E-state index in [2.05, 4.69) is 93.7 Å². The molecule has 0 unspecified atom stereocenters. The number of aliphatic hydroxyl groups excluding tert-OH is 1. The predicted octanol–water partition coefficient (Wildman–Crippen LogP) is -10.6. The van der Waals surface area contributed by atoms with Crippen molar-refractivity contribution in [3.8, 4) is 5.75 Å². The number of benzene rings is 1. The number of aromatic hydroxyl groups is 1. The molecule has 0 heterocycles. The van der Waals surface area contributed by atoms with Crippen LogP contribution >= 0.6 is 25.3 Å². The van der Waals surface area contributed by atoms with E-state index >= 15 is 0 Å². The van der Waals surface area contributed by atoms with Gasteiger partial charge in [-0.2, -0.15) is 25.3 Å². The van der Waals surface area contributed by atoms with Crippen molar-refractivity contribution in [1.29, 1.82) is 0 Å². The third kappa shape index (κ3) is 34.4. The number of carboxylic acids is 1. The Morgan fingerprint density at radius 3 is 1.13 bits per heavy atom. The summed E-state index contributed by atoms with van der Waals surface area (Å²) < 4.78 is 0. The highest BCUT2D eigenvalue weighted by Crippen LogP contribution is 2.13. The molecule has 13 atom stereocenters. The number of primary amides is 2. The fraction of sp³-hybridized carbons (Fsp3) is 0.621. The Bertz CT molecular complexity index is 2960. The molecule has 1 rings (SSSR count). The first-order valence-electron chi connectivity index (χ1n) is 31.9. The van der Waals surface area contributed by atoms with Crippen LogP contribution in [0.3, 0.4) is 0 Å². The lowest BCUT2D eigenvalue weighted by molar-refractivity contribution is -0.142. The minimum atomic E-state index is -1.91. The van der Waals surface area contributed by atoms with Crippen LogP contribution in [0.15, 0.2) is 34.3 Å². The lowest BCUT2D eigenvalue weighted by atomic mass is 10.0. The lowest BCUT2D eigenvalue weighted by Gasteiger charge is -2.29. The quantitative estimate of drug-likeness (QED) is 0.0125. The van der Waals surface area contributed by atoms with Gasteiger partial charge in [-0.15, -0.1) is 0 Å². The monoisotopic (exact) mass is 1460 g/mol. The van der Waals surface area contributed by atoms with Gasteiger partial charge in [0.15, 0.2) is 11.9 Å². The molecule has 0 saturated heterocycles. The van der Waals surface area contributed by atoms with Crippen molar-refractivity contribution >= 4 is 120 Å². The standard InChI is InChI=1S/C58H101N23O17S2/c1-3-4-7-38(56(97)98)77-47(88)33(9-6-23-70-58(67)68)71-48(89)34(14-15-42(63)84)73-53(94)41(27-100)80-50(91)35(16-19-59)74-49(90)36(17-20-60)76-55(96)44(28(2)82)81-51(92)37(18-21-61)75-46(87)32(8-5-22-69-57(65)66)72-52(93)39(25-43(64)85)78-54(95)40(26-99)79-45(86)31(62)24-29-10-12-30(83)13-11-29/h10-13,28,31-41,44,82-83,99-100H,3-9,14-27,59-62H2,1-2H3,(H2,63,84)(H2,64,85)(H,71,89)(H,72,93)(H,73,94)(H,74,90)(H,75,87)(H,76,96)(H,77,88)(H,78,95)(H,79,86)(H,80,91)(H,81,92)(H,97,98)(H4,65,66,69)(H4,67,68,70)/t28-,31+,32+,33+,34+,35+,36-,37+,38+,39+,40+,41+,44+/m1/s1. The Hall–Kier alpha value is -9.36. The number of carbonyl (C=O) groups is 14. The number of hydrogen-bond acceptors (Lipinski definition) is 24. The van der Waals surface area contributed by atoms with E-state index < -0.39 is 186 Å². The van der Waals surface area contributed by atoms with Crippen LogP contribution in [0.4, 0.5) is 0 Å². The summed E-state index contributed by atoms with van der Waals surface area (Å²) in [5, 5.41) is 56.6. The molecule has 0 aromatic heterocycles. The van der Waals surface area contributed by atoms with Gasteiger partial charge in [0, 0.05) is 31.0 Å². The summed E-state index contributed by atoms with van der Waals surface area (Å²) in [6, 6.07) is -12.9. The van der Waals surface area contributed by atoms with E-state index in [0.29, 0.717) is 18.4 Å². The smallest absolute Gasteiger partial charge is 0.326 e. The third-order valence-electron chi connectivity index (χ3n) is 14.7. The second-order valence-corrected chi connectivity index (χ2v) is 23.7. The maximum absolute atomic E-state index is 14.2. The highest BCUT2D eigenvalue weighted by molar-refractivity contribution is 7.80. The van der Waals surface area contributed by atoms with Gasteiger partial charge in [0.2, 0.25) is 76.8 Å². The molecule has 1 aromatic rings. The van der Waals surface area contributed by atoms with Gasteiger partial charge in [0.1, 0.15) is 72.2 Å². The number of hydrogen-bond donors (Lipinski definition) is 26. The highest BCUT2D eigenvalue weighted by Gasteiger charge is 2.38. The highest BCUT2D eigenvalue weighted by atomic mass is 32.1. The number of unbranched alkanes of at least 4 members (excludes halogenated alkanes) is 1. The number of rotatable bonds is 50. The Kier molecular flexibility index (Phi) is 42.2. The molecule has 0 bridgehead atoms. The van der Waals surface area contributed by atoms with Gasteiger partial charge >= 0.3 is 5.97 Å². The van der Waals surface area contributed by atoms with Crippen molar-refractivity contribution in [2.45, 2.75) is 182 Å². The molecule has 0 aliphatic rings. The molecule has 0 radical (unpaired) electrons. The van der Waals surface area contributed by atoms with Gasteiger partial charge in [-0.25, -0.2) is 4.79 Å². The molecule has 40 nitrogen and oxygen atoms in total. The van der Waals surface area contributed by atoms with E-state index in [0.717, 1.165) is 6.92 Å². The molecule has 100 heavy (non-hydrogen) atoms. The Labute approximate surface area is 588 Å². The van der Waals surface area contributed by atoms with Crippen molar-refractivity contribution in [3.63, 3.8) is 0 Å². The molecule has 562 valence electrons. The zero-order valence-electron chi connectivity index (χ0n) is 55.8. The van der Waals surface area contributed by atoms with Crippen LogP contribution in [0, 0.1) is 0 Å². The Morgan fingerprint density at radius 1 is 0.440 bits per heavy atom. The number of aliphatic carboxylic acids is 1. The largest absolute Gasteiger partial charge is 0.508 e. The van der Waals surface area contributed by atoms with Crippen LogP contribution < -0.4 is 116 Å². The van der Waals surface area contributed by atoms with E-state index in [1.165, 1.54) is 24.3 Å². The fourth-order valence-corrected chi connectivity index (χ4v) is 9.74. The average Bonchev–Trinajstić information content (AvgIpc) is 0.862. The molecule has 13 amide bonds. The summed E-state index contributed by atoms with van der Waals surface area (Å²) in [5.74, 6) is -16.2. The fourth-order valence-electron chi connectivity index (χ4n) is 9.23. The molecule has 1 aromatic carbocycles. The zero-order chi connectivity index (χ0) is 75.8. The summed E-state index contributed by atoms with van der Waals surface area (Å²) in [6.45, 7) is 1.97. The number of nitrogens with one attached hydrogen (secondary N) is 11. The summed E-state index contributed by atoms with van der Waals surface area (Å²) in [5.41, 5.74) is 56.7. The molecular formula is C58H101N23O17S2. The van der Waals surface area contributed by atoms with Gasteiger partial charge < -0.3 is 131 Å². The van der Waals surface area contributed by atoms with Crippen LogP contribution in [-0.2, 0) is 73.5 Å². The summed E-state index contributed by atoms with van der Waals surface area (Å²) in [6.07, 6.45) is -3.70. The maximum atomic E-state index is 14.2. The van der Waals surface area contributed by atoms with Crippen molar-refractivity contribution in [3.05, 3.63) is 29.8 Å². The number of aliphatic imine (C=N–C) groups is 2. The topological polar surface area (TPSA) is 717 Å². The lowest BCUT2D eigenvalue weighted by Crippen LogP contribution is -2.62. The third-order valence-corrected chi connectivity index (χ3v) is 15.4. The maximum Gasteiger partial charge on any atom is 0.326 e. The number of thiol groups is 2. The van der Waals surface area contributed by atoms with Crippen LogP contribution in [0.1, 0.15) is 103 Å². The van der Waals surface area contributed by atoms with Crippen molar-refractivity contribution in [2.24, 2.45) is 67.3 Å². The average molecular weight is 1460 g/mol. The number of amides is 13.